The van der Waals surface area contributed by atoms with Gasteiger partial charge < -0.3 is 10.1 Å². The number of methoxy groups -OCH3 is 1. The minimum Gasteiger partial charge on any atom is -0.383 e. The summed E-state index contributed by atoms with van der Waals surface area (Å²) in [6.45, 7) is 6.35. The van der Waals surface area contributed by atoms with Crippen molar-refractivity contribution in [3.63, 3.8) is 0 Å². The first-order chi connectivity index (χ1) is 9.20. The number of rotatable bonds is 6. The molecule has 19 heavy (non-hydrogen) atoms. The van der Waals surface area contributed by atoms with E-state index in [0.717, 1.165) is 13.2 Å². The Balaban J connectivity index is 2.25. The second-order valence-electron chi connectivity index (χ2n) is 5.82. The zero-order valence-corrected chi connectivity index (χ0v) is 13.1. The lowest BCUT2D eigenvalue weighted by Gasteiger charge is -2.45. The van der Waals surface area contributed by atoms with Gasteiger partial charge >= 0.3 is 0 Å². The summed E-state index contributed by atoms with van der Waals surface area (Å²) in [6, 6.07) is 0. The molecule has 0 aliphatic heterocycles. The Hall–Kier alpha value is -0.450. The van der Waals surface area contributed by atoms with Crippen molar-refractivity contribution in [2.75, 3.05) is 20.3 Å². The van der Waals surface area contributed by atoms with Crippen LogP contribution in [0.4, 0.5) is 0 Å². The maximum atomic E-state index is 5.21. The Morgan fingerprint density at radius 3 is 3.00 bits per heavy atom. The fourth-order valence-corrected chi connectivity index (χ4v) is 4.39. The van der Waals surface area contributed by atoms with Crippen LogP contribution in [-0.2, 0) is 10.3 Å². The molecule has 1 saturated carbocycles. The second kappa shape index (κ2) is 6.82. The van der Waals surface area contributed by atoms with E-state index in [0.29, 0.717) is 11.8 Å². The van der Waals surface area contributed by atoms with Crippen LogP contribution in [0.15, 0.2) is 11.6 Å². The van der Waals surface area contributed by atoms with Gasteiger partial charge in [0.1, 0.15) is 5.01 Å². The van der Waals surface area contributed by atoms with E-state index in [2.05, 4.69) is 29.5 Å². The molecule has 1 aromatic rings. The molecule has 0 aromatic carbocycles. The third kappa shape index (κ3) is 3.18. The summed E-state index contributed by atoms with van der Waals surface area (Å²) < 4.78 is 5.21. The monoisotopic (exact) mass is 282 g/mol. The first kappa shape index (κ1) is 14.9. The highest BCUT2D eigenvalue weighted by atomic mass is 32.1. The maximum absolute atomic E-state index is 5.21. The number of thiazole rings is 1. The average Bonchev–Trinajstić information content (AvgIpc) is 2.93. The highest BCUT2D eigenvalue weighted by molar-refractivity contribution is 7.09. The predicted octanol–water partition coefficient (Wildman–Crippen LogP) is 3.42. The highest BCUT2D eigenvalue weighted by Gasteiger charge is 2.44. The molecule has 2 atom stereocenters. The summed E-state index contributed by atoms with van der Waals surface area (Å²) in [7, 11) is 1.76. The SMILES string of the molecule is COCCNC1(c2nccs2)CCCCC1C(C)C. The third-order valence-electron chi connectivity index (χ3n) is 4.33. The number of hydrogen-bond donors (Lipinski definition) is 1. The number of hydrogen-bond acceptors (Lipinski definition) is 4. The smallest absolute Gasteiger partial charge is 0.113 e. The molecule has 2 unspecified atom stereocenters. The fraction of sp³-hybridized carbons (Fsp3) is 0.800. The molecule has 3 nitrogen and oxygen atoms in total. The number of aromatic nitrogens is 1. The quantitative estimate of drug-likeness (QED) is 0.812. The summed E-state index contributed by atoms with van der Waals surface area (Å²) in [5.74, 6) is 1.35. The normalized spacial score (nSPS) is 27.9. The Morgan fingerprint density at radius 2 is 2.37 bits per heavy atom. The maximum Gasteiger partial charge on any atom is 0.113 e. The van der Waals surface area contributed by atoms with Crippen molar-refractivity contribution in [2.45, 2.75) is 45.1 Å². The molecular formula is C15H26N2OS. The van der Waals surface area contributed by atoms with Crippen LogP contribution in [0.3, 0.4) is 0 Å². The summed E-state index contributed by atoms with van der Waals surface area (Å²) in [5, 5.41) is 7.16. The summed E-state index contributed by atoms with van der Waals surface area (Å²) >= 11 is 1.79. The molecule has 1 aliphatic rings. The Bertz CT molecular complexity index is 366. The molecule has 1 heterocycles. The first-order valence-corrected chi connectivity index (χ1v) is 8.22. The number of nitrogens with one attached hydrogen (secondary N) is 1. The van der Waals surface area contributed by atoms with Gasteiger partial charge in [0.25, 0.3) is 0 Å². The Labute approximate surface area is 120 Å². The minimum atomic E-state index is 0.0686. The lowest BCUT2D eigenvalue weighted by atomic mass is 9.68. The van der Waals surface area contributed by atoms with E-state index < -0.39 is 0 Å². The van der Waals surface area contributed by atoms with Gasteiger partial charge in [0.05, 0.1) is 12.1 Å². The van der Waals surface area contributed by atoms with Gasteiger partial charge in [-0.3, -0.25) is 0 Å². The average molecular weight is 282 g/mol. The van der Waals surface area contributed by atoms with Crippen LogP contribution in [-0.4, -0.2) is 25.2 Å². The van der Waals surface area contributed by atoms with Crippen molar-refractivity contribution in [3.05, 3.63) is 16.6 Å². The largest absolute Gasteiger partial charge is 0.383 e. The van der Waals surface area contributed by atoms with E-state index in [1.54, 1.807) is 18.4 Å². The molecule has 1 N–H and O–H groups in total. The van der Waals surface area contributed by atoms with Crippen molar-refractivity contribution in [3.8, 4) is 0 Å². The van der Waals surface area contributed by atoms with Gasteiger partial charge in [-0.25, -0.2) is 4.98 Å². The topological polar surface area (TPSA) is 34.1 Å². The lowest BCUT2D eigenvalue weighted by Crippen LogP contribution is -2.52. The Kier molecular flexibility index (Phi) is 5.37. The van der Waals surface area contributed by atoms with Crippen molar-refractivity contribution < 1.29 is 4.74 Å². The van der Waals surface area contributed by atoms with Crippen LogP contribution < -0.4 is 5.32 Å². The van der Waals surface area contributed by atoms with Gasteiger partial charge in [0, 0.05) is 25.2 Å². The molecule has 4 heteroatoms. The molecule has 0 radical (unpaired) electrons. The number of nitrogens with zero attached hydrogens (tertiary/aromatic N) is 1. The number of ether oxygens (including phenoxy) is 1. The van der Waals surface area contributed by atoms with Gasteiger partial charge in [-0.2, -0.15) is 0 Å². The molecule has 0 spiro atoms. The molecule has 1 aromatic heterocycles. The van der Waals surface area contributed by atoms with E-state index in [-0.39, 0.29) is 5.54 Å². The van der Waals surface area contributed by atoms with Crippen molar-refractivity contribution >= 4 is 11.3 Å². The Morgan fingerprint density at radius 1 is 1.53 bits per heavy atom. The van der Waals surface area contributed by atoms with E-state index in [1.165, 1.54) is 30.7 Å². The van der Waals surface area contributed by atoms with E-state index in [1.807, 2.05) is 6.20 Å². The van der Waals surface area contributed by atoms with Crippen LogP contribution in [0, 0.1) is 11.8 Å². The zero-order valence-electron chi connectivity index (χ0n) is 12.3. The van der Waals surface area contributed by atoms with Crippen LogP contribution in [0.1, 0.15) is 44.5 Å². The van der Waals surface area contributed by atoms with Crippen LogP contribution in [0.2, 0.25) is 0 Å². The van der Waals surface area contributed by atoms with Crippen molar-refractivity contribution in [2.24, 2.45) is 11.8 Å². The summed E-state index contributed by atoms with van der Waals surface area (Å²) in [4.78, 5) is 4.64. The van der Waals surface area contributed by atoms with Gasteiger partial charge in [-0.1, -0.05) is 26.7 Å². The minimum absolute atomic E-state index is 0.0686. The van der Waals surface area contributed by atoms with E-state index in [4.69, 9.17) is 4.74 Å². The van der Waals surface area contributed by atoms with Gasteiger partial charge in [-0.15, -0.1) is 11.3 Å². The molecule has 0 saturated heterocycles. The van der Waals surface area contributed by atoms with Crippen LogP contribution in [0.5, 0.6) is 0 Å². The third-order valence-corrected chi connectivity index (χ3v) is 5.29. The van der Waals surface area contributed by atoms with Crippen LogP contribution >= 0.6 is 11.3 Å². The molecule has 1 aliphatic carbocycles. The standard InChI is InChI=1S/C15H26N2OS/c1-12(2)13-6-4-5-7-15(13,17-8-10-18-3)14-16-9-11-19-14/h9,11-13,17H,4-8,10H2,1-3H3. The first-order valence-electron chi connectivity index (χ1n) is 7.34. The fourth-order valence-electron chi connectivity index (χ4n) is 3.48. The van der Waals surface area contributed by atoms with Gasteiger partial charge in [0.2, 0.25) is 0 Å². The highest BCUT2D eigenvalue weighted by Crippen LogP contribution is 2.45. The van der Waals surface area contributed by atoms with Gasteiger partial charge in [0.15, 0.2) is 0 Å². The van der Waals surface area contributed by atoms with Crippen molar-refractivity contribution in [1.29, 1.82) is 0 Å². The molecule has 0 bridgehead atoms. The molecular weight excluding hydrogens is 256 g/mol. The second-order valence-corrected chi connectivity index (χ2v) is 6.72. The summed E-state index contributed by atoms with van der Waals surface area (Å²) in [5.41, 5.74) is 0.0686. The predicted molar refractivity (Wildman–Crippen MR) is 80.5 cm³/mol. The van der Waals surface area contributed by atoms with Gasteiger partial charge in [-0.05, 0) is 24.7 Å². The lowest BCUT2D eigenvalue weighted by molar-refractivity contribution is 0.0877. The van der Waals surface area contributed by atoms with E-state index in [9.17, 15) is 0 Å². The van der Waals surface area contributed by atoms with E-state index >= 15 is 0 Å². The molecule has 0 amide bonds. The summed E-state index contributed by atoms with van der Waals surface area (Å²) in [6.07, 6.45) is 7.08. The molecule has 1 fully saturated rings. The molecule has 108 valence electrons. The molecule has 2 rings (SSSR count). The van der Waals surface area contributed by atoms with Crippen molar-refractivity contribution in [1.82, 2.24) is 10.3 Å². The van der Waals surface area contributed by atoms with Crippen LogP contribution in [0.25, 0.3) is 0 Å². The zero-order chi connectivity index (χ0) is 13.7.